The Kier molecular flexibility index (Phi) is 11.0. The summed E-state index contributed by atoms with van der Waals surface area (Å²) in [6, 6.07) is 23.1. The van der Waals surface area contributed by atoms with Crippen molar-refractivity contribution in [1.29, 1.82) is 0 Å². The maximum atomic E-state index is 14.8. The molecule has 8 nitrogen and oxygen atoms in total. The van der Waals surface area contributed by atoms with E-state index in [1.54, 1.807) is 13.8 Å². The molecule has 270 valence electrons. The molecule has 1 saturated heterocycles. The first-order chi connectivity index (χ1) is 24.4. The van der Waals surface area contributed by atoms with Gasteiger partial charge in [0.2, 0.25) is 5.91 Å². The maximum Gasteiger partial charge on any atom is 0.309 e. The summed E-state index contributed by atoms with van der Waals surface area (Å²) in [7, 11) is 0. The summed E-state index contributed by atoms with van der Waals surface area (Å²) in [6.07, 6.45) is 4.64. The predicted octanol–water partition coefficient (Wildman–Crippen LogP) is 6.68. The summed E-state index contributed by atoms with van der Waals surface area (Å²) in [4.78, 5) is 43.9. The summed E-state index contributed by atoms with van der Waals surface area (Å²) >= 11 is 0. The van der Waals surface area contributed by atoms with E-state index in [1.165, 1.54) is 27.8 Å². The number of fused-ring (bicyclic) bond motifs is 2. The highest BCUT2D eigenvalue weighted by Crippen LogP contribution is 2.37. The summed E-state index contributed by atoms with van der Waals surface area (Å²) in [5.41, 5.74) is 7.87. The van der Waals surface area contributed by atoms with Crippen LogP contribution in [0.3, 0.4) is 0 Å². The van der Waals surface area contributed by atoms with Gasteiger partial charge in [-0.3, -0.25) is 14.4 Å². The molecule has 3 aromatic carbocycles. The summed E-state index contributed by atoms with van der Waals surface area (Å²) in [5.74, 6) is 0.0340. The maximum absolute atomic E-state index is 14.8. The highest BCUT2D eigenvalue weighted by atomic mass is 16.5. The van der Waals surface area contributed by atoms with Crippen LogP contribution in [0.1, 0.15) is 79.3 Å². The Morgan fingerprint density at radius 3 is 2.33 bits per heavy atom. The highest BCUT2D eigenvalue weighted by molar-refractivity contribution is 6.03. The number of amides is 2. The minimum atomic E-state index is -0.978. The van der Waals surface area contributed by atoms with Crippen molar-refractivity contribution in [2.24, 2.45) is 5.41 Å². The standard InChI is InChI=1S/C43H53N3O5/c1-28-23-29(2)30(3)38(24-28)51-22-19-32-11-13-33(14-12-32)36-25-34-26-45(39(47)17-20-43(4,5)42(49)50)27-37(44-34)40(36)41(48)46(35-15-16-35)21-18-31-9-7-6-8-10-31/h6-14,23-24,34-35,37,44H,15-22,25-27H2,1-5H3,(H,49,50). The SMILES string of the molecule is Cc1cc(C)c(C)c(OCCc2ccc(C3=C(C(=O)N(CCc4ccccc4)C4CC4)C4CN(C(=O)CCC(C)(C)C(=O)O)CC(C3)N4)cc2)c1. The first-order valence-electron chi connectivity index (χ1n) is 18.5. The lowest BCUT2D eigenvalue weighted by Crippen LogP contribution is -2.62. The fourth-order valence-electron chi connectivity index (χ4n) is 7.44. The van der Waals surface area contributed by atoms with E-state index in [9.17, 15) is 19.5 Å². The fraction of sp³-hybridized carbons (Fsp3) is 0.465. The predicted molar refractivity (Wildman–Crippen MR) is 201 cm³/mol. The lowest BCUT2D eigenvalue weighted by Gasteiger charge is -2.45. The van der Waals surface area contributed by atoms with Crippen LogP contribution in [-0.4, -0.2) is 77.1 Å². The molecule has 3 aromatic rings. The average Bonchev–Trinajstić information content (AvgIpc) is 3.95. The second-order valence-electron chi connectivity index (χ2n) is 15.5. The smallest absolute Gasteiger partial charge is 0.309 e. The van der Waals surface area contributed by atoms with Crippen molar-refractivity contribution in [2.75, 3.05) is 26.2 Å². The Balaban J connectivity index is 1.23. The molecule has 2 atom stereocenters. The first-order valence-corrected chi connectivity index (χ1v) is 18.5. The van der Waals surface area contributed by atoms with Crippen molar-refractivity contribution in [2.45, 2.75) is 97.7 Å². The number of carboxylic acid groups (broad SMARTS) is 1. The number of hydrogen-bond donors (Lipinski definition) is 2. The first kappa shape index (κ1) is 36.4. The van der Waals surface area contributed by atoms with Crippen LogP contribution in [0.15, 0.2) is 72.3 Å². The number of rotatable bonds is 14. The van der Waals surface area contributed by atoms with Crippen molar-refractivity contribution in [3.63, 3.8) is 0 Å². The van der Waals surface area contributed by atoms with Gasteiger partial charge in [-0.1, -0.05) is 60.7 Å². The Bertz CT molecular complexity index is 1780. The molecule has 2 heterocycles. The van der Waals surface area contributed by atoms with E-state index >= 15 is 0 Å². The van der Waals surface area contributed by atoms with Gasteiger partial charge in [-0.2, -0.15) is 0 Å². The minimum absolute atomic E-state index is 0.000435. The lowest BCUT2D eigenvalue weighted by atomic mass is 9.82. The van der Waals surface area contributed by atoms with Gasteiger partial charge in [0.1, 0.15) is 5.75 Å². The number of carbonyl (C=O) groups excluding carboxylic acids is 2. The Morgan fingerprint density at radius 2 is 1.65 bits per heavy atom. The zero-order valence-electron chi connectivity index (χ0n) is 30.8. The van der Waals surface area contributed by atoms with Crippen molar-refractivity contribution in [3.05, 3.63) is 106 Å². The zero-order valence-corrected chi connectivity index (χ0v) is 30.8. The molecular formula is C43H53N3O5. The lowest BCUT2D eigenvalue weighted by molar-refractivity contribution is -0.148. The number of hydrogen-bond acceptors (Lipinski definition) is 5. The molecule has 2 amide bonds. The van der Waals surface area contributed by atoms with Gasteiger partial charge in [0.15, 0.2) is 0 Å². The molecule has 8 heteroatoms. The number of nitrogens with zero attached hydrogens (tertiary/aromatic N) is 2. The van der Waals surface area contributed by atoms with Gasteiger partial charge in [-0.25, -0.2) is 0 Å². The summed E-state index contributed by atoms with van der Waals surface area (Å²) in [5, 5.41) is 13.3. The van der Waals surface area contributed by atoms with Crippen LogP contribution in [0.2, 0.25) is 0 Å². The third-order valence-corrected chi connectivity index (χ3v) is 11.0. The highest BCUT2D eigenvalue weighted by Gasteiger charge is 2.43. The Labute approximate surface area is 302 Å². The van der Waals surface area contributed by atoms with E-state index in [1.807, 2.05) is 23.1 Å². The molecule has 2 N–H and O–H groups in total. The van der Waals surface area contributed by atoms with Crippen molar-refractivity contribution in [3.8, 4) is 5.75 Å². The van der Waals surface area contributed by atoms with Crippen LogP contribution in [0.4, 0.5) is 0 Å². The number of piperazine rings is 1. The number of benzene rings is 3. The molecule has 2 fully saturated rings. The van der Waals surface area contributed by atoms with Crippen LogP contribution in [0, 0.1) is 26.2 Å². The monoisotopic (exact) mass is 691 g/mol. The number of ether oxygens (including phenoxy) is 1. The van der Waals surface area contributed by atoms with Crippen LogP contribution < -0.4 is 10.1 Å². The van der Waals surface area contributed by atoms with E-state index in [-0.39, 0.29) is 42.8 Å². The van der Waals surface area contributed by atoms with Crippen molar-refractivity contribution < 1.29 is 24.2 Å². The molecule has 2 unspecified atom stereocenters. The molecule has 1 aliphatic carbocycles. The third kappa shape index (κ3) is 8.73. The normalized spacial score (nSPS) is 18.8. The zero-order chi connectivity index (χ0) is 36.3. The molecule has 2 aliphatic heterocycles. The van der Waals surface area contributed by atoms with E-state index in [2.05, 4.69) is 79.5 Å². The van der Waals surface area contributed by atoms with Gasteiger partial charge < -0.3 is 25.0 Å². The molecule has 3 aliphatic rings. The van der Waals surface area contributed by atoms with Crippen LogP contribution in [-0.2, 0) is 27.2 Å². The fourth-order valence-corrected chi connectivity index (χ4v) is 7.44. The van der Waals surface area contributed by atoms with Crippen molar-refractivity contribution >= 4 is 23.4 Å². The Morgan fingerprint density at radius 1 is 0.941 bits per heavy atom. The molecule has 51 heavy (non-hydrogen) atoms. The molecule has 2 bridgehead atoms. The molecule has 0 spiro atoms. The number of carbonyl (C=O) groups is 3. The van der Waals surface area contributed by atoms with Gasteiger partial charge in [-0.05, 0) is 112 Å². The van der Waals surface area contributed by atoms with Crippen LogP contribution in [0.25, 0.3) is 5.57 Å². The van der Waals surface area contributed by atoms with Crippen LogP contribution in [0.5, 0.6) is 5.75 Å². The topological polar surface area (TPSA) is 99.2 Å². The van der Waals surface area contributed by atoms with Gasteiger partial charge in [0.05, 0.1) is 18.1 Å². The second-order valence-corrected chi connectivity index (χ2v) is 15.5. The summed E-state index contributed by atoms with van der Waals surface area (Å²) in [6.45, 7) is 11.8. The summed E-state index contributed by atoms with van der Waals surface area (Å²) < 4.78 is 6.21. The van der Waals surface area contributed by atoms with E-state index in [0.717, 1.165) is 48.1 Å². The van der Waals surface area contributed by atoms with E-state index in [0.29, 0.717) is 32.7 Å². The van der Waals surface area contributed by atoms with Gasteiger partial charge in [0, 0.05) is 50.1 Å². The van der Waals surface area contributed by atoms with E-state index < -0.39 is 11.4 Å². The van der Waals surface area contributed by atoms with Crippen molar-refractivity contribution in [1.82, 2.24) is 15.1 Å². The molecule has 0 radical (unpaired) electrons. The van der Waals surface area contributed by atoms with Crippen LogP contribution >= 0.6 is 0 Å². The molecule has 1 saturated carbocycles. The largest absolute Gasteiger partial charge is 0.493 e. The quantitative estimate of drug-likeness (QED) is 0.196. The van der Waals surface area contributed by atoms with Gasteiger partial charge in [0.25, 0.3) is 5.91 Å². The van der Waals surface area contributed by atoms with E-state index in [4.69, 9.17) is 4.74 Å². The molecule has 6 rings (SSSR count). The molecular weight excluding hydrogens is 638 g/mol. The number of aryl methyl sites for hydroxylation is 2. The number of carboxylic acids is 1. The number of aliphatic carboxylic acids is 1. The third-order valence-electron chi connectivity index (χ3n) is 11.0. The number of nitrogens with one attached hydrogen (secondary N) is 1. The van der Waals surface area contributed by atoms with Gasteiger partial charge in [-0.15, -0.1) is 0 Å². The average molecular weight is 692 g/mol. The second kappa shape index (κ2) is 15.4. The Hall–Kier alpha value is -4.43. The molecule has 0 aromatic heterocycles. The minimum Gasteiger partial charge on any atom is -0.493 e. The van der Waals surface area contributed by atoms with Gasteiger partial charge >= 0.3 is 5.97 Å².